The van der Waals surface area contributed by atoms with E-state index in [1.807, 2.05) is 16.5 Å². The third-order valence-electron chi connectivity index (χ3n) is 2.94. The molecule has 1 aliphatic rings. The second-order valence-electron chi connectivity index (χ2n) is 4.19. The van der Waals surface area contributed by atoms with E-state index in [-0.39, 0.29) is 5.56 Å². The Bertz CT molecular complexity index is 527. The zero-order valence-electron chi connectivity index (χ0n) is 10.4. The lowest BCUT2D eigenvalue weighted by atomic mass is 10.2. The molecule has 18 heavy (non-hydrogen) atoms. The molecule has 1 aromatic heterocycles. The van der Waals surface area contributed by atoms with Crippen molar-refractivity contribution in [2.24, 2.45) is 0 Å². The van der Waals surface area contributed by atoms with E-state index >= 15 is 0 Å². The molecule has 0 radical (unpaired) electrons. The van der Waals surface area contributed by atoms with Crippen LogP contribution in [0.1, 0.15) is 36.8 Å². The Labute approximate surface area is 115 Å². The van der Waals surface area contributed by atoms with Gasteiger partial charge in [0.15, 0.2) is 0 Å². The lowest BCUT2D eigenvalue weighted by Gasteiger charge is -2.18. The maximum absolute atomic E-state index is 12.5. The summed E-state index contributed by atoms with van der Waals surface area (Å²) in [5.41, 5.74) is 1.91. The van der Waals surface area contributed by atoms with Gasteiger partial charge in [-0.05, 0) is 6.42 Å². The predicted octanol–water partition coefficient (Wildman–Crippen LogP) is 3.57. The predicted molar refractivity (Wildman–Crippen MR) is 89.9 cm³/mol. The summed E-state index contributed by atoms with van der Waals surface area (Å²) in [5, 5.41) is 0. The average molecular weight is 318 g/mol. The molecule has 0 saturated carbocycles. The molecule has 3 nitrogen and oxygen atoms in total. The van der Waals surface area contributed by atoms with E-state index in [1.165, 1.54) is 0 Å². The highest BCUT2D eigenvalue weighted by atomic mass is 32.6. The van der Waals surface area contributed by atoms with Crippen molar-refractivity contribution in [2.75, 3.05) is 0 Å². The average Bonchev–Trinajstić information content (AvgIpc) is 2.84. The molecule has 0 amide bonds. The third kappa shape index (κ3) is 2.91. The van der Waals surface area contributed by atoms with Gasteiger partial charge in [-0.2, -0.15) is 0 Å². The molecule has 0 saturated heterocycles. The van der Waals surface area contributed by atoms with Gasteiger partial charge in [-0.3, -0.25) is 9.13 Å². The molecule has 0 aliphatic heterocycles. The van der Waals surface area contributed by atoms with Crippen LogP contribution in [0.4, 0.5) is 0 Å². The highest BCUT2D eigenvalue weighted by Gasteiger charge is 2.19. The summed E-state index contributed by atoms with van der Waals surface area (Å²) >= 11 is 0. The number of fused-ring (bicyclic) bond motifs is 1. The Hall–Kier alpha value is 0.340. The van der Waals surface area contributed by atoms with E-state index in [1.54, 1.807) is 0 Å². The van der Waals surface area contributed by atoms with Crippen molar-refractivity contribution >= 4 is 39.3 Å². The topological polar surface area (TPSA) is 34.9 Å². The minimum Gasteiger partial charge on any atom is -0.268 e. The summed E-state index contributed by atoms with van der Waals surface area (Å²) < 4.78 is 1.93. The van der Waals surface area contributed by atoms with Crippen LogP contribution in [-0.4, -0.2) is 9.32 Å². The van der Waals surface area contributed by atoms with E-state index in [2.05, 4.69) is 24.8 Å². The zero-order valence-corrected chi connectivity index (χ0v) is 14.6. The van der Waals surface area contributed by atoms with Crippen LogP contribution < -0.4 is 5.56 Å². The van der Waals surface area contributed by atoms with Gasteiger partial charge in [0.05, 0.1) is 11.3 Å². The van der Waals surface area contributed by atoms with Gasteiger partial charge in [0.25, 0.3) is 5.56 Å². The van der Waals surface area contributed by atoms with Gasteiger partial charge in [0.1, 0.15) is 5.82 Å². The summed E-state index contributed by atoms with van der Waals surface area (Å²) in [6, 6.07) is 0. The molecule has 0 spiro atoms. The first kappa shape index (κ1) is 14.7. The van der Waals surface area contributed by atoms with E-state index < -0.39 is 7.45 Å². The smallest absolute Gasteiger partial charge is 0.264 e. The van der Waals surface area contributed by atoms with Crippen molar-refractivity contribution < 1.29 is 0 Å². The molecule has 1 aliphatic carbocycles. The van der Waals surface area contributed by atoms with E-state index in [0.717, 1.165) is 42.8 Å². The highest BCUT2D eigenvalue weighted by Crippen LogP contribution is 2.66. The number of hydrogen-bond acceptors (Lipinski definition) is 2. The Kier molecular flexibility index (Phi) is 5.47. The van der Waals surface area contributed by atoms with Gasteiger partial charge < -0.3 is 0 Å². The third-order valence-corrected chi connectivity index (χ3v) is 12.5. The molecule has 0 N–H and O–H groups in total. The Morgan fingerprint density at radius 3 is 3.06 bits per heavy atom. The van der Waals surface area contributed by atoms with E-state index in [4.69, 9.17) is 4.98 Å². The van der Waals surface area contributed by atoms with E-state index in [9.17, 15) is 4.79 Å². The van der Waals surface area contributed by atoms with Crippen LogP contribution in [0.5, 0.6) is 0 Å². The molecule has 7 heteroatoms. The number of hydrogen-bond donors (Lipinski definition) is 0. The molecule has 1 aromatic rings. The van der Waals surface area contributed by atoms with Gasteiger partial charge in [-0.25, -0.2) is 4.98 Å². The number of aromatic nitrogens is 2. The van der Waals surface area contributed by atoms with Crippen LogP contribution in [-0.2, 0) is 12.8 Å². The molecule has 0 fully saturated rings. The summed E-state index contributed by atoms with van der Waals surface area (Å²) in [6.45, 7) is 2.16. The second kappa shape index (κ2) is 6.67. The van der Waals surface area contributed by atoms with Crippen molar-refractivity contribution in [3.05, 3.63) is 33.5 Å². The summed E-state index contributed by atoms with van der Waals surface area (Å²) in [6.07, 6.45) is 7.88. The molecule has 4 unspecified atom stereocenters. The van der Waals surface area contributed by atoms with Gasteiger partial charge in [0, 0.05) is 20.3 Å². The van der Waals surface area contributed by atoms with Crippen molar-refractivity contribution in [1.82, 2.24) is 9.32 Å². The molecule has 4 atom stereocenters. The first-order chi connectivity index (χ1) is 8.69. The standard InChI is InChI=1S/C11H18N2OP4/c1-2-3-7-10-12-9-6-4-5-8(9)11(14)13(10)18(16)17-15/h4-5,17H,2-3,6-7,15-16H2,1H3. The lowest BCUT2D eigenvalue weighted by Crippen LogP contribution is -2.24. The van der Waals surface area contributed by atoms with Crippen LogP contribution in [0.25, 0.3) is 6.08 Å². The number of allylic oxidation sites excluding steroid dienone is 1. The molecule has 2 rings (SSSR count). The molecular formula is C11H18N2OP4. The summed E-state index contributed by atoms with van der Waals surface area (Å²) in [7, 11) is 5.71. The van der Waals surface area contributed by atoms with Gasteiger partial charge >= 0.3 is 0 Å². The minimum atomic E-state index is -0.523. The van der Waals surface area contributed by atoms with Crippen LogP contribution in [0, 0.1) is 0 Å². The summed E-state index contributed by atoms with van der Waals surface area (Å²) in [4.78, 5) is 17.2. The maximum atomic E-state index is 12.5. The SMILES string of the molecule is CCCCc1nc2c(c(=O)n1P(P)PP)C=CC2. The zero-order chi connectivity index (χ0) is 13.1. The molecule has 98 valence electrons. The fourth-order valence-corrected chi connectivity index (χ4v) is 5.54. The van der Waals surface area contributed by atoms with Crippen LogP contribution in [0.3, 0.4) is 0 Å². The number of aryl methyl sites for hydroxylation is 1. The van der Waals surface area contributed by atoms with Crippen LogP contribution in [0.15, 0.2) is 10.9 Å². The lowest BCUT2D eigenvalue weighted by molar-refractivity contribution is 0.729. The largest absolute Gasteiger partial charge is 0.268 e. The quantitative estimate of drug-likeness (QED) is 0.778. The van der Waals surface area contributed by atoms with Gasteiger partial charge in [-0.15, -0.1) is 8.93 Å². The van der Waals surface area contributed by atoms with Crippen molar-refractivity contribution in [1.29, 1.82) is 0 Å². The Morgan fingerprint density at radius 1 is 1.61 bits per heavy atom. The molecule has 1 heterocycles. The number of rotatable bonds is 5. The van der Waals surface area contributed by atoms with Crippen molar-refractivity contribution in [3.8, 4) is 0 Å². The van der Waals surface area contributed by atoms with Crippen molar-refractivity contribution in [3.63, 3.8) is 0 Å². The maximum Gasteiger partial charge on any atom is 0.264 e. The van der Waals surface area contributed by atoms with Crippen molar-refractivity contribution in [2.45, 2.75) is 32.6 Å². The van der Waals surface area contributed by atoms with Crippen LogP contribution >= 0.6 is 33.3 Å². The molecular weight excluding hydrogens is 300 g/mol. The molecule has 0 aromatic carbocycles. The second-order valence-corrected chi connectivity index (χ2v) is 13.0. The van der Waals surface area contributed by atoms with Gasteiger partial charge in [0.2, 0.25) is 0 Å². The van der Waals surface area contributed by atoms with E-state index in [0.29, 0.717) is 7.96 Å². The molecule has 0 bridgehead atoms. The highest BCUT2D eigenvalue weighted by molar-refractivity contribution is 8.60. The first-order valence-corrected chi connectivity index (χ1v) is 12.6. The number of unbranched alkanes of at least 4 members (excludes halogenated alkanes) is 1. The Morgan fingerprint density at radius 2 is 2.39 bits per heavy atom. The normalized spacial score (nSPS) is 15.5. The fraction of sp³-hybridized carbons (Fsp3) is 0.455. The Balaban J connectivity index is 2.51. The first-order valence-electron chi connectivity index (χ1n) is 6.01. The monoisotopic (exact) mass is 318 g/mol. The minimum absolute atomic E-state index is 0.149. The summed E-state index contributed by atoms with van der Waals surface area (Å²) in [5.74, 6) is 0.973. The van der Waals surface area contributed by atoms with Gasteiger partial charge in [-0.1, -0.05) is 42.4 Å². The number of nitrogens with zero attached hydrogens (tertiary/aromatic N) is 2. The fourth-order valence-electron chi connectivity index (χ4n) is 2.01. The van der Waals surface area contributed by atoms with Crippen LogP contribution in [0.2, 0.25) is 0 Å².